The predicted molar refractivity (Wildman–Crippen MR) is 52.9 cm³/mol. The Hall–Kier alpha value is -1.71. The molecule has 2 heterocycles. The minimum atomic E-state index is -0.572. The summed E-state index contributed by atoms with van der Waals surface area (Å²) in [6.45, 7) is 3.68. The van der Waals surface area contributed by atoms with E-state index in [1.165, 1.54) is 0 Å². The SMILES string of the molecule is CC(C)(C=O)n1cnc2ncccc21. The number of hydrogen-bond donors (Lipinski definition) is 0. The molecule has 72 valence electrons. The van der Waals surface area contributed by atoms with Gasteiger partial charge in [-0.2, -0.15) is 0 Å². The van der Waals surface area contributed by atoms with Crippen LogP contribution in [0.25, 0.3) is 11.2 Å². The molecule has 0 aliphatic heterocycles. The summed E-state index contributed by atoms with van der Waals surface area (Å²) in [6, 6.07) is 3.74. The molecule has 4 heteroatoms. The van der Waals surface area contributed by atoms with E-state index in [0.717, 1.165) is 11.8 Å². The summed E-state index contributed by atoms with van der Waals surface area (Å²) < 4.78 is 1.82. The number of fused-ring (bicyclic) bond motifs is 1. The fourth-order valence-electron chi connectivity index (χ4n) is 1.37. The summed E-state index contributed by atoms with van der Waals surface area (Å²) in [5.41, 5.74) is 0.977. The molecule has 0 fully saturated rings. The molecule has 0 spiro atoms. The van der Waals surface area contributed by atoms with E-state index in [-0.39, 0.29) is 0 Å². The second-order valence-electron chi connectivity index (χ2n) is 3.73. The van der Waals surface area contributed by atoms with Gasteiger partial charge in [-0.05, 0) is 26.0 Å². The van der Waals surface area contributed by atoms with Gasteiger partial charge in [-0.25, -0.2) is 9.97 Å². The summed E-state index contributed by atoms with van der Waals surface area (Å²) in [6.07, 6.45) is 4.24. The van der Waals surface area contributed by atoms with Crippen molar-refractivity contribution in [1.29, 1.82) is 0 Å². The number of carbonyl (C=O) groups excluding carboxylic acids is 1. The first-order valence-corrected chi connectivity index (χ1v) is 4.40. The molecular formula is C10H11N3O. The maximum absolute atomic E-state index is 10.9. The van der Waals surface area contributed by atoms with Crippen molar-refractivity contribution in [3.8, 4) is 0 Å². The van der Waals surface area contributed by atoms with Crippen LogP contribution in [0.5, 0.6) is 0 Å². The monoisotopic (exact) mass is 189 g/mol. The fraction of sp³-hybridized carbons (Fsp3) is 0.300. The Morgan fingerprint density at radius 2 is 2.21 bits per heavy atom. The molecule has 0 N–H and O–H groups in total. The van der Waals surface area contributed by atoms with E-state index in [1.807, 2.05) is 30.5 Å². The van der Waals surface area contributed by atoms with Gasteiger partial charge in [-0.1, -0.05) is 0 Å². The van der Waals surface area contributed by atoms with Gasteiger partial charge in [0.05, 0.1) is 17.4 Å². The highest BCUT2D eigenvalue weighted by Crippen LogP contribution is 2.18. The average Bonchev–Trinajstić information content (AvgIpc) is 2.61. The van der Waals surface area contributed by atoms with Crippen molar-refractivity contribution in [3.05, 3.63) is 24.7 Å². The number of hydrogen-bond acceptors (Lipinski definition) is 3. The van der Waals surface area contributed by atoms with E-state index < -0.39 is 5.54 Å². The van der Waals surface area contributed by atoms with Gasteiger partial charge in [-0.15, -0.1) is 0 Å². The van der Waals surface area contributed by atoms with Gasteiger partial charge in [0.2, 0.25) is 0 Å². The highest BCUT2D eigenvalue weighted by Gasteiger charge is 2.20. The van der Waals surface area contributed by atoms with Gasteiger partial charge < -0.3 is 9.36 Å². The lowest BCUT2D eigenvalue weighted by Gasteiger charge is -2.19. The molecule has 2 rings (SSSR count). The predicted octanol–water partition coefficient (Wildman–Crippen LogP) is 1.37. The molecule has 0 unspecified atom stereocenters. The van der Waals surface area contributed by atoms with Gasteiger partial charge >= 0.3 is 0 Å². The molecule has 0 amide bonds. The van der Waals surface area contributed by atoms with Crippen LogP contribution >= 0.6 is 0 Å². The molecular weight excluding hydrogens is 178 g/mol. The van der Waals surface area contributed by atoms with Crippen LogP contribution in [0.2, 0.25) is 0 Å². The average molecular weight is 189 g/mol. The van der Waals surface area contributed by atoms with E-state index in [0.29, 0.717) is 5.65 Å². The van der Waals surface area contributed by atoms with Crippen LogP contribution in [-0.4, -0.2) is 20.8 Å². The maximum Gasteiger partial charge on any atom is 0.177 e. The van der Waals surface area contributed by atoms with Gasteiger partial charge in [0.25, 0.3) is 0 Å². The second-order valence-corrected chi connectivity index (χ2v) is 3.73. The van der Waals surface area contributed by atoms with Crippen molar-refractivity contribution in [1.82, 2.24) is 14.5 Å². The first-order chi connectivity index (χ1) is 6.65. The van der Waals surface area contributed by atoms with Gasteiger partial charge in [0.15, 0.2) is 5.65 Å². The number of carbonyl (C=O) groups is 1. The second kappa shape index (κ2) is 2.90. The molecule has 2 aromatic heterocycles. The molecule has 0 radical (unpaired) electrons. The van der Waals surface area contributed by atoms with Crippen molar-refractivity contribution in [2.75, 3.05) is 0 Å². The number of aldehydes is 1. The van der Waals surface area contributed by atoms with Crippen LogP contribution in [0.15, 0.2) is 24.7 Å². The Morgan fingerprint density at radius 1 is 1.43 bits per heavy atom. The molecule has 0 saturated heterocycles. The fourth-order valence-corrected chi connectivity index (χ4v) is 1.37. The molecule has 0 aliphatic carbocycles. The van der Waals surface area contributed by atoms with Crippen molar-refractivity contribution < 1.29 is 4.79 Å². The zero-order valence-electron chi connectivity index (χ0n) is 8.14. The van der Waals surface area contributed by atoms with Crippen LogP contribution in [0, 0.1) is 0 Å². The molecule has 0 saturated carbocycles. The van der Waals surface area contributed by atoms with E-state index in [4.69, 9.17) is 0 Å². The molecule has 0 aliphatic rings. The molecule has 0 atom stereocenters. The first kappa shape index (κ1) is 8.87. The minimum Gasteiger partial charge on any atom is -0.317 e. The smallest absolute Gasteiger partial charge is 0.177 e. The van der Waals surface area contributed by atoms with E-state index in [2.05, 4.69) is 9.97 Å². The van der Waals surface area contributed by atoms with Crippen molar-refractivity contribution in [2.45, 2.75) is 19.4 Å². The van der Waals surface area contributed by atoms with Gasteiger partial charge in [0.1, 0.15) is 6.29 Å². The van der Waals surface area contributed by atoms with Gasteiger partial charge in [0, 0.05) is 6.20 Å². The summed E-state index contributed by atoms with van der Waals surface area (Å²) in [5.74, 6) is 0. The lowest BCUT2D eigenvalue weighted by Crippen LogP contribution is -2.26. The van der Waals surface area contributed by atoms with Crippen molar-refractivity contribution in [3.63, 3.8) is 0 Å². The molecule has 0 bridgehead atoms. The third-order valence-corrected chi connectivity index (χ3v) is 2.23. The molecule has 2 aromatic rings. The quantitative estimate of drug-likeness (QED) is 0.670. The zero-order chi connectivity index (χ0) is 10.2. The highest BCUT2D eigenvalue weighted by molar-refractivity contribution is 5.74. The Kier molecular flexibility index (Phi) is 1.84. The number of nitrogens with zero attached hydrogens (tertiary/aromatic N) is 3. The van der Waals surface area contributed by atoms with Crippen molar-refractivity contribution in [2.24, 2.45) is 0 Å². The van der Waals surface area contributed by atoms with Crippen LogP contribution < -0.4 is 0 Å². The Bertz CT molecular complexity index is 473. The van der Waals surface area contributed by atoms with E-state index >= 15 is 0 Å². The summed E-state index contributed by atoms with van der Waals surface area (Å²) in [5, 5.41) is 0. The standard InChI is InChI=1S/C10H11N3O/c1-10(2,6-14)13-7-12-9-8(13)4-3-5-11-9/h3-7H,1-2H3. The largest absolute Gasteiger partial charge is 0.317 e. The maximum atomic E-state index is 10.9. The van der Waals surface area contributed by atoms with E-state index in [1.54, 1.807) is 12.5 Å². The highest BCUT2D eigenvalue weighted by atomic mass is 16.1. The van der Waals surface area contributed by atoms with Crippen LogP contribution in [0.3, 0.4) is 0 Å². The third-order valence-electron chi connectivity index (χ3n) is 2.23. The number of pyridine rings is 1. The molecule has 0 aromatic carbocycles. The van der Waals surface area contributed by atoms with Gasteiger partial charge in [-0.3, -0.25) is 0 Å². The lowest BCUT2D eigenvalue weighted by molar-refractivity contribution is -0.113. The van der Waals surface area contributed by atoms with Crippen LogP contribution in [0.1, 0.15) is 13.8 Å². The van der Waals surface area contributed by atoms with Crippen molar-refractivity contribution >= 4 is 17.5 Å². The summed E-state index contributed by atoms with van der Waals surface area (Å²) >= 11 is 0. The number of imidazole rings is 1. The number of aromatic nitrogens is 3. The van der Waals surface area contributed by atoms with E-state index in [9.17, 15) is 4.79 Å². The summed E-state index contributed by atoms with van der Waals surface area (Å²) in [7, 11) is 0. The lowest BCUT2D eigenvalue weighted by atomic mass is 10.1. The normalized spacial score (nSPS) is 11.9. The minimum absolute atomic E-state index is 0.572. The molecule has 4 nitrogen and oxygen atoms in total. The third kappa shape index (κ3) is 1.19. The molecule has 14 heavy (non-hydrogen) atoms. The number of rotatable bonds is 2. The summed E-state index contributed by atoms with van der Waals surface area (Å²) in [4.78, 5) is 19.1. The zero-order valence-corrected chi connectivity index (χ0v) is 8.14. The Balaban J connectivity index is 2.70. The van der Waals surface area contributed by atoms with Crippen LogP contribution in [-0.2, 0) is 10.3 Å². The Morgan fingerprint density at radius 3 is 2.93 bits per heavy atom. The topological polar surface area (TPSA) is 47.8 Å². The first-order valence-electron chi connectivity index (χ1n) is 4.40. The Labute approximate surface area is 81.6 Å². The van der Waals surface area contributed by atoms with Crippen LogP contribution in [0.4, 0.5) is 0 Å².